The van der Waals surface area contributed by atoms with Gasteiger partial charge in [-0.05, 0) is 23.9 Å². The van der Waals surface area contributed by atoms with Gasteiger partial charge in [0.05, 0.1) is 0 Å². The highest BCUT2D eigenvalue weighted by molar-refractivity contribution is 7.14. The second-order valence-electron chi connectivity index (χ2n) is 6.61. The number of amides is 1. The molecule has 26 heavy (non-hydrogen) atoms. The van der Waals surface area contributed by atoms with Crippen LogP contribution in [0.15, 0.2) is 46.5 Å². The summed E-state index contributed by atoms with van der Waals surface area (Å²) in [4.78, 5) is 21.6. The van der Waals surface area contributed by atoms with Gasteiger partial charge in [-0.25, -0.2) is 4.98 Å². The van der Waals surface area contributed by atoms with Gasteiger partial charge in [-0.2, -0.15) is 11.3 Å². The van der Waals surface area contributed by atoms with Crippen molar-refractivity contribution in [3.63, 3.8) is 0 Å². The van der Waals surface area contributed by atoms with Crippen LogP contribution in [0.2, 0.25) is 0 Å². The number of carbonyl (C=O) groups excluding carboxylic acids is 1. The van der Waals surface area contributed by atoms with Crippen molar-refractivity contribution in [1.82, 2.24) is 14.8 Å². The SMILES string of the molecule is Cc1cccc(CN2CCN(C(=O)c3csc(-c4ccsc4)n3)CC2)c1. The summed E-state index contributed by atoms with van der Waals surface area (Å²) in [6.45, 7) is 6.40. The molecular weight excluding hydrogens is 362 g/mol. The van der Waals surface area contributed by atoms with Gasteiger partial charge >= 0.3 is 0 Å². The number of thiazole rings is 1. The number of aryl methyl sites for hydroxylation is 1. The lowest BCUT2D eigenvalue weighted by atomic mass is 10.1. The molecule has 1 fully saturated rings. The predicted octanol–water partition coefficient (Wildman–Crippen LogP) is 4.14. The quantitative estimate of drug-likeness (QED) is 0.679. The van der Waals surface area contributed by atoms with Gasteiger partial charge in [0.1, 0.15) is 10.7 Å². The number of thiophene rings is 1. The van der Waals surface area contributed by atoms with Crippen LogP contribution in [0.1, 0.15) is 21.6 Å². The predicted molar refractivity (Wildman–Crippen MR) is 108 cm³/mol. The third kappa shape index (κ3) is 3.87. The number of piperazine rings is 1. The van der Waals surface area contributed by atoms with E-state index in [-0.39, 0.29) is 5.91 Å². The summed E-state index contributed by atoms with van der Waals surface area (Å²) in [6, 6.07) is 10.7. The molecule has 134 valence electrons. The molecule has 0 atom stereocenters. The molecule has 1 amide bonds. The molecule has 6 heteroatoms. The van der Waals surface area contributed by atoms with Gasteiger partial charge in [-0.15, -0.1) is 11.3 Å². The maximum Gasteiger partial charge on any atom is 0.273 e. The van der Waals surface area contributed by atoms with Crippen LogP contribution in [0, 0.1) is 6.92 Å². The van der Waals surface area contributed by atoms with E-state index in [9.17, 15) is 4.79 Å². The van der Waals surface area contributed by atoms with Gasteiger partial charge in [-0.3, -0.25) is 9.69 Å². The van der Waals surface area contributed by atoms with E-state index in [1.807, 2.05) is 21.7 Å². The fourth-order valence-corrected chi connectivity index (χ4v) is 4.74. The van der Waals surface area contributed by atoms with Gasteiger partial charge in [0.25, 0.3) is 5.91 Å². The van der Waals surface area contributed by atoms with Crippen LogP contribution in [-0.2, 0) is 6.54 Å². The Kier molecular flexibility index (Phi) is 5.15. The van der Waals surface area contributed by atoms with E-state index in [2.05, 4.69) is 46.5 Å². The topological polar surface area (TPSA) is 36.4 Å². The average Bonchev–Trinajstić information content (AvgIpc) is 3.33. The molecule has 0 unspecified atom stereocenters. The first-order chi connectivity index (χ1) is 12.7. The number of rotatable bonds is 4. The zero-order chi connectivity index (χ0) is 17.9. The lowest BCUT2D eigenvalue weighted by Crippen LogP contribution is -2.48. The number of hydrogen-bond acceptors (Lipinski definition) is 5. The molecule has 0 N–H and O–H groups in total. The third-order valence-corrected chi connectivity index (χ3v) is 6.21. The van der Waals surface area contributed by atoms with Crippen molar-refractivity contribution < 1.29 is 4.79 Å². The highest BCUT2D eigenvalue weighted by atomic mass is 32.1. The van der Waals surface area contributed by atoms with E-state index in [1.54, 1.807) is 22.7 Å². The summed E-state index contributed by atoms with van der Waals surface area (Å²) in [6.07, 6.45) is 0. The molecule has 0 bridgehead atoms. The Morgan fingerprint density at radius 3 is 2.73 bits per heavy atom. The molecule has 3 aromatic rings. The molecule has 3 heterocycles. The van der Waals surface area contributed by atoms with Crippen LogP contribution in [0.5, 0.6) is 0 Å². The van der Waals surface area contributed by atoms with E-state index >= 15 is 0 Å². The number of benzene rings is 1. The minimum atomic E-state index is 0.0536. The molecule has 0 saturated carbocycles. The number of hydrogen-bond donors (Lipinski definition) is 0. The first-order valence-electron chi connectivity index (χ1n) is 8.74. The van der Waals surface area contributed by atoms with Crippen molar-refractivity contribution >= 4 is 28.6 Å². The lowest BCUT2D eigenvalue weighted by molar-refractivity contribution is 0.0623. The Balaban J connectivity index is 1.35. The van der Waals surface area contributed by atoms with E-state index in [0.717, 1.165) is 43.3 Å². The lowest BCUT2D eigenvalue weighted by Gasteiger charge is -2.34. The molecule has 1 saturated heterocycles. The highest BCUT2D eigenvalue weighted by Crippen LogP contribution is 2.26. The maximum atomic E-state index is 12.7. The molecule has 1 aliphatic heterocycles. The molecule has 4 nitrogen and oxygen atoms in total. The van der Waals surface area contributed by atoms with Gasteiger partial charge < -0.3 is 4.90 Å². The normalized spacial score (nSPS) is 15.3. The fraction of sp³-hybridized carbons (Fsp3) is 0.300. The summed E-state index contributed by atoms with van der Waals surface area (Å²) >= 11 is 3.19. The van der Waals surface area contributed by atoms with Crippen molar-refractivity contribution in [3.05, 3.63) is 63.3 Å². The van der Waals surface area contributed by atoms with Gasteiger partial charge in [-0.1, -0.05) is 29.8 Å². The summed E-state index contributed by atoms with van der Waals surface area (Å²) in [5.74, 6) is 0.0536. The summed E-state index contributed by atoms with van der Waals surface area (Å²) in [5.41, 5.74) is 4.30. The summed E-state index contributed by atoms with van der Waals surface area (Å²) < 4.78 is 0. The second-order valence-corrected chi connectivity index (χ2v) is 8.25. The Morgan fingerprint density at radius 1 is 1.15 bits per heavy atom. The van der Waals surface area contributed by atoms with Crippen LogP contribution in [0.25, 0.3) is 10.6 Å². The minimum Gasteiger partial charge on any atom is -0.335 e. The largest absolute Gasteiger partial charge is 0.335 e. The Labute approximate surface area is 161 Å². The van der Waals surface area contributed by atoms with Gasteiger partial charge in [0.2, 0.25) is 0 Å². The first kappa shape index (κ1) is 17.4. The summed E-state index contributed by atoms with van der Waals surface area (Å²) in [7, 11) is 0. The van der Waals surface area contributed by atoms with Crippen molar-refractivity contribution in [2.45, 2.75) is 13.5 Å². The van der Waals surface area contributed by atoms with Crippen molar-refractivity contribution in [3.8, 4) is 10.6 Å². The Bertz CT molecular complexity index is 880. The van der Waals surface area contributed by atoms with Gasteiger partial charge in [0, 0.05) is 49.0 Å². The third-order valence-electron chi connectivity index (χ3n) is 4.64. The monoisotopic (exact) mass is 383 g/mol. The zero-order valence-corrected chi connectivity index (χ0v) is 16.4. The molecular formula is C20H21N3OS2. The second kappa shape index (κ2) is 7.70. The Hall–Kier alpha value is -2.02. The van der Waals surface area contributed by atoms with Gasteiger partial charge in [0.15, 0.2) is 0 Å². The number of carbonyl (C=O) groups is 1. The first-order valence-corrected chi connectivity index (χ1v) is 10.6. The number of nitrogens with zero attached hydrogens (tertiary/aromatic N) is 3. The van der Waals surface area contributed by atoms with E-state index in [4.69, 9.17) is 0 Å². The minimum absolute atomic E-state index is 0.0536. The molecule has 1 aromatic carbocycles. The standard InChI is InChI=1S/C20H21N3OS2/c1-15-3-2-4-16(11-15)12-22-6-8-23(9-7-22)20(24)18-14-26-19(21-18)17-5-10-25-13-17/h2-5,10-11,13-14H,6-9,12H2,1H3. The zero-order valence-electron chi connectivity index (χ0n) is 14.7. The van der Waals surface area contributed by atoms with Crippen LogP contribution >= 0.6 is 22.7 Å². The van der Waals surface area contributed by atoms with E-state index in [1.165, 1.54) is 11.1 Å². The molecule has 2 aromatic heterocycles. The molecule has 4 rings (SSSR count). The molecule has 1 aliphatic rings. The van der Waals surface area contributed by atoms with Crippen molar-refractivity contribution in [1.29, 1.82) is 0 Å². The van der Waals surface area contributed by atoms with Crippen LogP contribution in [0.3, 0.4) is 0 Å². The molecule has 0 aliphatic carbocycles. The fourth-order valence-electron chi connectivity index (χ4n) is 3.23. The highest BCUT2D eigenvalue weighted by Gasteiger charge is 2.24. The maximum absolute atomic E-state index is 12.7. The summed E-state index contributed by atoms with van der Waals surface area (Å²) in [5, 5.41) is 6.91. The van der Waals surface area contributed by atoms with Crippen LogP contribution < -0.4 is 0 Å². The Morgan fingerprint density at radius 2 is 2.00 bits per heavy atom. The molecule has 0 radical (unpaired) electrons. The van der Waals surface area contributed by atoms with Crippen LogP contribution in [-0.4, -0.2) is 46.9 Å². The van der Waals surface area contributed by atoms with E-state index < -0.39 is 0 Å². The van der Waals surface area contributed by atoms with Crippen LogP contribution in [0.4, 0.5) is 0 Å². The van der Waals surface area contributed by atoms with E-state index in [0.29, 0.717) is 5.69 Å². The van der Waals surface area contributed by atoms with Crippen molar-refractivity contribution in [2.75, 3.05) is 26.2 Å². The molecule has 0 spiro atoms. The average molecular weight is 384 g/mol. The smallest absolute Gasteiger partial charge is 0.273 e. The van der Waals surface area contributed by atoms with Crippen molar-refractivity contribution in [2.24, 2.45) is 0 Å². The number of aromatic nitrogens is 1.